The Labute approximate surface area is 99.2 Å². The van der Waals surface area contributed by atoms with Crippen LogP contribution in [0.4, 0.5) is 0 Å². The third-order valence-corrected chi connectivity index (χ3v) is 4.04. The van der Waals surface area contributed by atoms with Gasteiger partial charge in [0.15, 0.2) is 0 Å². The lowest BCUT2D eigenvalue weighted by Crippen LogP contribution is -2.33. The predicted octanol–water partition coefficient (Wildman–Crippen LogP) is 2.09. The van der Waals surface area contributed by atoms with Gasteiger partial charge in [0.1, 0.15) is 6.04 Å². The highest BCUT2D eigenvalue weighted by atomic mass is 32.2. The van der Waals surface area contributed by atoms with E-state index in [1.165, 1.54) is 16.7 Å². The molecule has 0 aromatic heterocycles. The minimum Gasteiger partial charge on any atom is -0.480 e. The van der Waals surface area contributed by atoms with Crippen LogP contribution in [-0.4, -0.2) is 22.9 Å². The molecule has 1 fully saturated rings. The molecular weight excluding hydrogens is 222 g/mol. The number of hydrogen-bond donors (Lipinski definition) is 2. The monoisotopic (exact) mass is 237 g/mol. The Morgan fingerprint density at radius 2 is 2.25 bits per heavy atom. The highest BCUT2D eigenvalue weighted by Crippen LogP contribution is 2.34. The second kappa shape index (κ2) is 4.47. The molecule has 16 heavy (non-hydrogen) atoms. The second-order valence-electron chi connectivity index (χ2n) is 4.13. The highest BCUT2D eigenvalue weighted by molar-refractivity contribution is 7.99. The largest absolute Gasteiger partial charge is 0.480 e. The lowest BCUT2D eigenvalue weighted by atomic mass is 10.1. The molecule has 0 amide bonds. The van der Waals surface area contributed by atoms with Gasteiger partial charge in [0.25, 0.3) is 0 Å². The number of nitrogens with one attached hydrogen (secondary N) is 1. The van der Waals surface area contributed by atoms with Gasteiger partial charge in [0.2, 0.25) is 0 Å². The molecule has 3 nitrogen and oxygen atoms in total. The van der Waals surface area contributed by atoms with Crippen LogP contribution in [0.5, 0.6) is 0 Å². The third-order valence-electron chi connectivity index (χ3n) is 2.79. The zero-order valence-electron chi connectivity index (χ0n) is 9.36. The first-order valence-corrected chi connectivity index (χ1v) is 6.30. The number of benzene rings is 1. The number of carbonyl (C=O) groups is 1. The minimum atomic E-state index is -0.764. The van der Waals surface area contributed by atoms with E-state index in [1.807, 2.05) is 0 Å². The van der Waals surface area contributed by atoms with Gasteiger partial charge in [-0.3, -0.25) is 10.1 Å². The van der Waals surface area contributed by atoms with Crippen molar-refractivity contribution in [3.8, 4) is 0 Å². The molecule has 1 aromatic rings. The fourth-order valence-corrected chi connectivity index (χ4v) is 3.24. The Morgan fingerprint density at radius 1 is 1.50 bits per heavy atom. The van der Waals surface area contributed by atoms with Crippen LogP contribution in [0.1, 0.15) is 22.1 Å². The lowest BCUT2D eigenvalue weighted by Gasteiger charge is -2.14. The molecule has 2 rings (SSSR count). The molecule has 2 N–H and O–H groups in total. The van der Waals surface area contributed by atoms with Crippen LogP contribution in [0.25, 0.3) is 0 Å². The van der Waals surface area contributed by atoms with Gasteiger partial charge in [-0.25, -0.2) is 0 Å². The summed E-state index contributed by atoms with van der Waals surface area (Å²) in [6, 6.07) is 5.86. The van der Waals surface area contributed by atoms with Crippen LogP contribution in [0.15, 0.2) is 18.2 Å². The van der Waals surface area contributed by atoms with E-state index in [0.29, 0.717) is 5.75 Å². The van der Waals surface area contributed by atoms with Crippen LogP contribution < -0.4 is 5.32 Å². The number of carboxylic acid groups (broad SMARTS) is 1. The van der Waals surface area contributed by atoms with Gasteiger partial charge in [-0.05, 0) is 25.0 Å². The van der Waals surface area contributed by atoms with Crippen molar-refractivity contribution in [1.29, 1.82) is 0 Å². The van der Waals surface area contributed by atoms with E-state index in [-0.39, 0.29) is 5.37 Å². The maximum Gasteiger partial charge on any atom is 0.321 e. The lowest BCUT2D eigenvalue weighted by molar-refractivity contribution is -0.138. The fourth-order valence-electron chi connectivity index (χ4n) is 1.91. The molecule has 2 atom stereocenters. The zero-order valence-corrected chi connectivity index (χ0v) is 10.2. The average Bonchev–Trinajstić information content (AvgIpc) is 2.66. The van der Waals surface area contributed by atoms with Crippen LogP contribution in [0.3, 0.4) is 0 Å². The molecule has 1 aliphatic rings. The van der Waals surface area contributed by atoms with Gasteiger partial charge >= 0.3 is 5.97 Å². The van der Waals surface area contributed by atoms with Crippen molar-refractivity contribution in [2.75, 3.05) is 5.75 Å². The molecule has 1 aliphatic heterocycles. The molecule has 1 unspecified atom stereocenters. The summed E-state index contributed by atoms with van der Waals surface area (Å²) in [5.41, 5.74) is 3.65. The molecule has 1 saturated heterocycles. The molecule has 0 bridgehead atoms. The fraction of sp³-hybridized carbons (Fsp3) is 0.417. The van der Waals surface area contributed by atoms with Gasteiger partial charge in [0.05, 0.1) is 5.37 Å². The SMILES string of the molecule is Cc1ccc(C2N[C@@H](C(=O)O)CS2)c(C)c1. The summed E-state index contributed by atoms with van der Waals surface area (Å²) in [5, 5.41) is 12.2. The summed E-state index contributed by atoms with van der Waals surface area (Å²) in [6.45, 7) is 4.13. The highest BCUT2D eigenvalue weighted by Gasteiger charge is 2.30. The molecule has 4 heteroatoms. The molecule has 1 aromatic carbocycles. The standard InChI is InChI=1S/C12H15NO2S/c1-7-3-4-9(8(2)5-7)11-13-10(6-16-11)12(14)15/h3-5,10-11,13H,6H2,1-2H3,(H,14,15)/t10-,11?/m1/s1. The number of rotatable bonds is 2. The van der Waals surface area contributed by atoms with Crippen molar-refractivity contribution >= 4 is 17.7 Å². The number of hydrogen-bond acceptors (Lipinski definition) is 3. The van der Waals surface area contributed by atoms with Gasteiger partial charge in [-0.2, -0.15) is 0 Å². The first kappa shape index (κ1) is 11.5. The predicted molar refractivity (Wildman–Crippen MR) is 65.7 cm³/mol. The minimum absolute atomic E-state index is 0.113. The zero-order chi connectivity index (χ0) is 11.7. The first-order chi connectivity index (χ1) is 7.58. The Hall–Kier alpha value is -1.00. The van der Waals surface area contributed by atoms with Crippen molar-refractivity contribution in [2.45, 2.75) is 25.3 Å². The molecule has 0 saturated carbocycles. The smallest absolute Gasteiger partial charge is 0.321 e. The second-order valence-corrected chi connectivity index (χ2v) is 5.27. The molecule has 86 valence electrons. The summed E-state index contributed by atoms with van der Waals surface area (Å²) in [6.07, 6.45) is 0. The van der Waals surface area contributed by atoms with Crippen molar-refractivity contribution in [3.05, 3.63) is 34.9 Å². The van der Waals surface area contributed by atoms with E-state index in [2.05, 4.69) is 37.4 Å². The number of carboxylic acids is 1. The van der Waals surface area contributed by atoms with Gasteiger partial charge in [-0.1, -0.05) is 23.8 Å². The van der Waals surface area contributed by atoms with Crippen LogP contribution in [0.2, 0.25) is 0 Å². The maximum atomic E-state index is 10.8. The molecule has 0 radical (unpaired) electrons. The summed E-state index contributed by atoms with van der Waals surface area (Å²) in [4.78, 5) is 10.8. The van der Waals surface area contributed by atoms with Crippen molar-refractivity contribution < 1.29 is 9.90 Å². The Kier molecular flexibility index (Phi) is 3.21. The maximum absolute atomic E-state index is 10.8. The van der Waals surface area contributed by atoms with E-state index < -0.39 is 12.0 Å². The van der Waals surface area contributed by atoms with E-state index >= 15 is 0 Å². The molecule has 1 heterocycles. The normalized spacial score (nSPS) is 24.6. The van der Waals surface area contributed by atoms with Crippen LogP contribution >= 0.6 is 11.8 Å². The van der Waals surface area contributed by atoms with Gasteiger partial charge in [-0.15, -0.1) is 11.8 Å². The third kappa shape index (κ3) is 2.23. The van der Waals surface area contributed by atoms with E-state index in [9.17, 15) is 4.79 Å². The number of thioether (sulfide) groups is 1. The average molecular weight is 237 g/mol. The van der Waals surface area contributed by atoms with Crippen molar-refractivity contribution in [2.24, 2.45) is 0 Å². The summed E-state index contributed by atoms with van der Waals surface area (Å²) >= 11 is 1.66. The van der Waals surface area contributed by atoms with E-state index in [0.717, 1.165) is 0 Å². The summed E-state index contributed by atoms with van der Waals surface area (Å²) < 4.78 is 0. The molecular formula is C12H15NO2S. The Balaban J connectivity index is 2.17. The molecule has 0 spiro atoms. The number of aryl methyl sites for hydroxylation is 2. The van der Waals surface area contributed by atoms with Gasteiger partial charge < -0.3 is 5.11 Å². The van der Waals surface area contributed by atoms with Crippen molar-refractivity contribution in [3.63, 3.8) is 0 Å². The first-order valence-electron chi connectivity index (χ1n) is 5.25. The number of aliphatic carboxylic acids is 1. The Morgan fingerprint density at radius 3 is 2.81 bits per heavy atom. The summed E-state index contributed by atoms with van der Waals surface area (Å²) in [7, 11) is 0. The van der Waals surface area contributed by atoms with E-state index in [4.69, 9.17) is 5.11 Å². The summed E-state index contributed by atoms with van der Waals surface area (Å²) in [5.74, 6) is -0.132. The van der Waals surface area contributed by atoms with Crippen molar-refractivity contribution in [1.82, 2.24) is 5.32 Å². The Bertz CT molecular complexity index is 419. The van der Waals surface area contributed by atoms with Crippen LogP contribution in [-0.2, 0) is 4.79 Å². The molecule has 0 aliphatic carbocycles. The quantitative estimate of drug-likeness (QED) is 0.827. The topological polar surface area (TPSA) is 49.3 Å². The van der Waals surface area contributed by atoms with E-state index in [1.54, 1.807) is 11.8 Å². The van der Waals surface area contributed by atoms with Gasteiger partial charge in [0, 0.05) is 5.75 Å². The van der Waals surface area contributed by atoms with Crippen LogP contribution in [0, 0.1) is 13.8 Å².